The van der Waals surface area contributed by atoms with E-state index >= 15 is 0 Å². The molecule has 9 heteroatoms. The molecule has 1 saturated carbocycles. The van der Waals surface area contributed by atoms with Crippen LogP contribution in [0.1, 0.15) is 43.0 Å². The van der Waals surface area contributed by atoms with Crippen molar-refractivity contribution in [3.05, 3.63) is 53.9 Å². The number of benzene rings is 1. The molecule has 3 aliphatic rings. The van der Waals surface area contributed by atoms with Crippen molar-refractivity contribution in [2.45, 2.75) is 48.0 Å². The minimum Gasteiger partial charge on any atom is -0.381 e. The van der Waals surface area contributed by atoms with Crippen LogP contribution in [-0.4, -0.2) is 69.3 Å². The fourth-order valence-electron chi connectivity index (χ4n) is 4.90. The number of aromatic nitrogens is 2. The Bertz CT molecular complexity index is 1270. The van der Waals surface area contributed by atoms with Crippen LogP contribution in [0.15, 0.2) is 47.5 Å². The van der Waals surface area contributed by atoms with E-state index in [2.05, 4.69) is 27.0 Å². The van der Waals surface area contributed by atoms with E-state index in [9.17, 15) is 8.42 Å². The molecule has 0 bridgehead atoms. The number of nitrogens with zero attached hydrogens (tertiary/aromatic N) is 2. The maximum Gasteiger partial charge on any atom is 0.181 e. The zero-order valence-electron chi connectivity index (χ0n) is 19.7. The van der Waals surface area contributed by atoms with Gasteiger partial charge in [-0.05, 0) is 55.5 Å². The molecule has 2 saturated heterocycles. The number of hydrogen-bond donors (Lipinski definition) is 1. The summed E-state index contributed by atoms with van der Waals surface area (Å²) >= 11 is 0. The van der Waals surface area contributed by atoms with Crippen LogP contribution in [0.4, 0.5) is 5.69 Å². The second kappa shape index (κ2) is 9.54. The molecule has 186 valence electrons. The Morgan fingerprint density at radius 2 is 1.69 bits per heavy atom. The fraction of sp³-hybridized carbons (Fsp3) is 0.500. The normalized spacial score (nSPS) is 20.9. The minimum absolute atomic E-state index is 0.0758. The number of fused-ring (bicyclic) bond motifs is 1. The van der Waals surface area contributed by atoms with Gasteiger partial charge in [-0.2, -0.15) is 0 Å². The van der Waals surface area contributed by atoms with E-state index in [4.69, 9.17) is 14.2 Å². The van der Waals surface area contributed by atoms with Crippen LogP contribution in [0.2, 0.25) is 0 Å². The molecule has 3 fully saturated rings. The third-order valence-corrected chi connectivity index (χ3v) is 9.38. The van der Waals surface area contributed by atoms with E-state index in [-0.39, 0.29) is 17.5 Å². The first-order valence-corrected chi connectivity index (χ1v) is 14.0. The second-order valence-electron chi connectivity index (χ2n) is 9.60. The first-order chi connectivity index (χ1) is 17.1. The second-order valence-corrected chi connectivity index (χ2v) is 11.8. The lowest BCUT2D eigenvalue weighted by Gasteiger charge is -2.28. The first-order valence-electron chi connectivity index (χ1n) is 12.5. The van der Waals surface area contributed by atoms with Crippen molar-refractivity contribution in [3.8, 4) is 0 Å². The lowest BCUT2D eigenvalue weighted by atomic mass is 10.0. The minimum atomic E-state index is -3.22. The SMILES string of the molecule is O=S(=O)(c1ccc(C(OC2CCOCC2)c2cc3cc(N4CCOCC4)cnc3[nH]2)cc1)C1CC1. The van der Waals surface area contributed by atoms with Crippen LogP contribution in [0, 0.1) is 0 Å². The van der Waals surface area contributed by atoms with Gasteiger partial charge in [0.2, 0.25) is 0 Å². The number of sulfone groups is 1. The molecule has 8 nitrogen and oxygen atoms in total. The van der Waals surface area contributed by atoms with Crippen molar-refractivity contribution < 1.29 is 22.6 Å². The molecular weight excluding hydrogens is 466 g/mol. The summed E-state index contributed by atoms with van der Waals surface area (Å²) in [6, 6.07) is 11.5. The van der Waals surface area contributed by atoms with Gasteiger partial charge < -0.3 is 24.1 Å². The van der Waals surface area contributed by atoms with E-state index in [0.29, 0.717) is 18.1 Å². The summed E-state index contributed by atoms with van der Waals surface area (Å²) in [5.41, 5.74) is 3.73. The maximum atomic E-state index is 12.7. The monoisotopic (exact) mass is 497 g/mol. The number of hydrogen-bond acceptors (Lipinski definition) is 7. The highest BCUT2D eigenvalue weighted by Crippen LogP contribution is 2.36. The summed E-state index contributed by atoms with van der Waals surface area (Å²) in [7, 11) is -3.22. The van der Waals surface area contributed by atoms with E-state index in [1.165, 1.54) is 0 Å². The molecular formula is C26H31N3O5S. The quantitative estimate of drug-likeness (QED) is 0.533. The third-order valence-electron chi connectivity index (χ3n) is 7.11. The van der Waals surface area contributed by atoms with Crippen molar-refractivity contribution in [2.24, 2.45) is 0 Å². The number of nitrogens with one attached hydrogen (secondary N) is 1. The number of morpholine rings is 1. The highest BCUT2D eigenvalue weighted by molar-refractivity contribution is 7.92. The predicted molar refractivity (Wildman–Crippen MR) is 133 cm³/mol. The molecule has 6 rings (SSSR count). The molecule has 0 spiro atoms. The molecule has 4 heterocycles. The number of aromatic amines is 1. The van der Waals surface area contributed by atoms with Crippen molar-refractivity contribution >= 4 is 26.6 Å². The largest absolute Gasteiger partial charge is 0.381 e. The number of rotatable bonds is 7. The summed E-state index contributed by atoms with van der Waals surface area (Å²) in [6.07, 6.45) is 4.82. The van der Waals surface area contributed by atoms with Gasteiger partial charge in [0.1, 0.15) is 11.8 Å². The van der Waals surface area contributed by atoms with Crippen LogP contribution in [-0.2, 0) is 24.0 Å². The molecule has 2 aromatic heterocycles. The zero-order chi connectivity index (χ0) is 23.8. The summed E-state index contributed by atoms with van der Waals surface area (Å²) in [5, 5.41) is 0.806. The lowest BCUT2D eigenvalue weighted by molar-refractivity contribution is -0.0577. The average molecular weight is 498 g/mol. The van der Waals surface area contributed by atoms with E-state index < -0.39 is 9.84 Å². The van der Waals surface area contributed by atoms with Crippen LogP contribution in [0.5, 0.6) is 0 Å². The van der Waals surface area contributed by atoms with Gasteiger partial charge in [-0.25, -0.2) is 13.4 Å². The Hall–Kier alpha value is -2.46. The number of H-pyrrole nitrogens is 1. The highest BCUT2D eigenvalue weighted by Gasteiger charge is 2.37. The number of anilines is 1. The predicted octanol–water partition coefficient (Wildman–Crippen LogP) is 3.62. The molecule has 1 aromatic carbocycles. The third kappa shape index (κ3) is 4.82. The molecule has 35 heavy (non-hydrogen) atoms. The summed E-state index contributed by atoms with van der Waals surface area (Å²) in [5.74, 6) is 0. The molecule has 1 unspecified atom stereocenters. The van der Waals surface area contributed by atoms with Crippen molar-refractivity contribution in [1.82, 2.24) is 9.97 Å². The summed E-state index contributed by atoms with van der Waals surface area (Å²) in [6.45, 7) is 4.54. The molecule has 0 radical (unpaired) electrons. The average Bonchev–Trinajstić information content (AvgIpc) is 3.68. The Morgan fingerprint density at radius 3 is 2.40 bits per heavy atom. The van der Waals surface area contributed by atoms with Gasteiger partial charge >= 0.3 is 0 Å². The molecule has 2 aliphatic heterocycles. The highest BCUT2D eigenvalue weighted by atomic mass is 32.2. The Balaban J connectivity index is 1.32. The van der Waals surface area contributed by atoms with Crippen molar-refractivity contribution in [2.75, 3.05) is 44.4 Å². The number of ether oxygens (including phenoxy) is 3. The molecule has 1 aliphatic carbocycles. The van der Waals surface area contributed by atoms with Gasteiger partial charge in [-0.15, -0.1) is 0 Å². The molecule has 1 N–H and O–H groups in total. The molecule has 1 atom stereocenters. The van der Waals surface area contributed by atoms with Gasteiger partial charge in [0.25, 0.3) is 0 Å². The van der Waals surface area contributed by atoms with Crippen molar-refractivity contribution in [1.29, 1.82) is 0 Å². The summed E-state index contributed by atoms with van der Waals surface area (Å²) in [4.78, 5) is 10.8. The van der Waals surface area contributed by atoms with Gasteiger partial charge in [-0.1, -0.05) is 12.1 Å². The van der Waals surface area contributed by atoms with E-state index in [1.54, 1.807) is 12.1 Å². The van der Waals surface area contributed by atoms with Crippen LogP contribution in [0.25, 0.3) is 11.0 Å². The number of pyridine rings is 1. The van der Waals surface area contributed by atoms with Gasteiger partial charge in [0, 0.05) is 31.7 Å². The Morgan fingerprint density at radius 1 is 0.971 bits per heavy atom. The first kappa shape index (κ1) is 23.0. The van der Waals surface area contributed by atoms with Crippen LogP contribution in [0.3, 0.4) is 0 Å². The van der Waals surface area contributed by atoms with E-state index in [1.807, 2.05) is 18.3 Å². The Labute approximate surface area is 205 Å². The standard InChI is InChI=1S/C26H31N3O5S/c30-35(31,23-5-6-23)22-3-1-18(2-4-22)25(34-21-7-11-32-12-8-21)24-16-19-15-20(17-27-26(19)28-24)29-9-13-33-14-10-29/h1-4,15-17,21,23,25H,5-14H2,(H,27,28). The van der Waals surface area contributed by atoms with E-state index in [0.717, 1.165) is 80.0 Å². The Kier molecular flexibility index (Phi) is 6.26. The van der Waals surface area contributed by atoms with Gasteiger partial charge in [0.05, 0.1) is 47.0 Å². The van der Waals surface area contributed by atoms with Gasteiger partial charge in [-0.3, -0.25) is 0 Å². The zero-order valence-corrected chi connectivity index (χ0v) is 20.5. The smallest absolute Gasteiger partial charge is 0.181 e. The van der Waals surface area contributed by atoms with Crippen LogP contribution >= 0.6 is 0 Å². The fourth-order valence-corrected chi connectivity index (χ4v) is 6.56. The van der Waals surface area contributed by atoms with Crippen molar-refractivity contribution in [3.63, 3.8) is 0 Å². The summed E-state index contributed by atoms with van der Waals surface area (Å²) < 4.78 is 42.9. The molecule has 3 aromatic rings. The maximum absolute atomic E-state index is 12.7. The van der Waals surface area contributed by atoms with Gasteiger partial charge in [0.15, 0.2) is 9.84 Å². The molecule has 0 amide bonds. The lowest BCUT2D eigenvalue weighted by Crippen LogP contribution is -2.36. The van der Waals surface area contributed by atoms with Crippen LogP contribution < -0.4 is 4.90 Å². The topological polar surface area (TPSA) is 93.8 Å².